The van der Waals surface area contributed by atoms with Gasteiger partial charge in [-0.15, -0.1) is 0 Å². The molecule has 0 atom stereocenters. The second kappa shape index (κ2) is 11.8. The lowest BCUT2D eigenvalue weighted by molar-refractivity contribution is 0.0185. The van der Waals surface area contributed by atoms with Crippen LogP contribution in [0.1, 0.15) is 50.8 Å². The lowest BCUT2D eigenvalue weighted by atomic mass is 10.0. The summed E-state index contributed by atoms with van der Waals surface area (Å²) in [7, 11) is 2.64. The van der Waals surface area contributed by atoms with Gasteiger partial charge < -0.3 is 24.4 Å². The molecule has 0 aliphatic carbocycles. The molecule has 0 unspecified atom stereocenters. The van der Waals surface area contributed by atoms with E-state index in [9.17, 15) is 13.6 Å². The second-order valence-electron chi connectivity index (χ2n) is 10.3. The van der Waals surface area contributed by atoms with E-state index < -0.39 is 17.2 Å². The van der Waals surface area contributed by atoms with Crippen LogP contribution < -0.4 is 14.8 Å². The molecule has 1 aliphatic rings. The predicted molar refractivity (Wildman–Crippen MR) is 140 cm³/mol. The number of aromatic nitrogens is 4. The molecule has 3 heterocycles. The van der Waals surface area contributed by atoms with Crippen molar-refractivity contribution in [2.24, 2.45) is 0 Å². The number of rotatable bonds is 8. The average molecular weight is 545 g/mol. The molecule has 10 nitrogen and oxygen atoms in total. The van der Waals surface area contributed by atoms with Crippen molar-refractivity contribution in [3.05, 3.63) is 53.6 Å². The monoisotopic (exact) mass is 544 g/mol. The van der Waals surface area contributed by atoms with Gasteiger partial charge in [0.25, 0.3) is 0 Å². The van der Waals surface area contributed by atoms with Crippen LogP contribution in [0.25, 0.3) is 0 Å². The van der Waals surface area contributed by atoms with E-state index in [-0.39, 0.29) is 35.6 Å². The van der Waals surface area contributed by atoms with E-state index in [1.165, 1.54) is 20.3 Å². The topological polar surface area (TPSA) is 104 Å². The summed E-state index contributed by atoms with van der Waals surface area (Å²) in [5.74, 6) is -1.27. The molecule has 0 saturated carbocycles. The maximum atomic E-state index is 14.6. The number of nitrogens with zero attached hydrogens (tertiary/aromatic N) is 5. The van der Waals surface area contributed by atoms with Crippen LogP contribution in [0, 0.1) is 11.6 Å². The Bertz CT molecular complexity index is 1260. The summed E-state index contributed by atoms with van der Waals surface area (Å²) in [6.07, 6.45) is 8.45. The largest absolute Gasteiger partial charge is 0.494 e. The molecule has 2 aromatic heterocycles. The molecule has 0 bridgehead atoms. The number of carbonyl (C=O) groups is 1. The summed E-state index contributed by atoms with van der Waals surface area (Å²) in [6, 6.07) is 1.35. The average Bonchev–Trinajstić information content (AvgIpc) is 3.37. The number of aryl methyl sites for hydroxylation is 1. The number of likely N-dealkylation sites (tertiary alicyclic amines) is 1. The van der Waals surface area contributed by atoms with E-state index in [1.54, 1.807) is 23.5 Å². The van der Waals surface area contributed by atoms with Crippen LogP contribution in [-0.4, -0.2) is 63.7 Å². The van der Waals surface area contributed by atoms with Crippen LogP contribution in [0.5, 0.6) is 11.5 Å². The fourth-order valence-corrected chi connectivity index (χ4v) is 4.34. The zero-order valence-corrected chi connectivity index (χ0v) is 22.8. The summed E-state index contributed by atoms with van der Waals surface area (Å²) >= 11 is 0. The first-order valence-corrected chi connectivity index (χ1v) is 12.8. The van der Waals surface area contributed by atoms with Crippen LogP contribution in [-0.2, 0) is 17.6 Å². The van der Waals surface area contributed by atoms with Crippen molar-refractivity contribution in [3.63, 3.8) is 0 Å². The number of nitrogens with one attached hydrogen (secondary N) is 1. The number of benzene rings is 1. The molecule has 1 fully saturated rings. The van der Waals surface area contributed by atoms with Crippen molar-refractivity contribution in [1.29, 1.82) is 0 Å². The van der Waals surface area contributed by atoms with Gasteiger partial charge in [-0.25, -0.2) is 23.5 Å². The summed E-state index contributed by atoms with van der Waals surface area (Å²) in [6.45, 7) is 6.77. The molecular formula is C27H34F2N6O4. The molecule has 1 aromatic carbocycles. The molecule has 3 aromatic rings. The Balaban J connectivity index is 1.31. The Kier molecular flexibility index (Phi) is 8.51. The maximum Gasteiger partial charge on any atom is 0.410 e. The first kappa shape index (κ1) is 28.1. The fraction of sp³-hybridized carbons (Fsp3) is 0.481. The lowest BCUT2D eigenvalue weighted by Crippen LogP contribution is -2.42. The normalized spacial score (nSPS) is 14.3. The van der Waals surface area contributed by atoms with Crippen LogP contribution in [0.2, 0.25) is 0 Å². The molecule has 39 heavy (non-hydrogen) atoms. The number of anilines is 2. The van der Waals surface area contributed by atoms with Gasteiger partial charge in [0.05, 0.1) is 32.1 Å². The van der Waals surface area contributed by atoms with E-state index in [0.717, 1.165) is 18.5 Å². The van der Waals surface area contributed by atoms with Crippen molar-refractivity contribution in [3.8, 4) is 11.5 Å². The van der Waals surface area contributed by atoms with E-state index in [1.807, 2.05) is 31.6 Å². The number of ether oxygens (including phenoxy) is 3. The highest BCUT2D eigenvalue weighted by atomic mass is 19.1. The highest BCUT2D eigenvalue weighted by molar-refractivity contribution is 5.68. The van der Waals surface area contributed by atoms with Crippen molar-refractivity contribution in [2.45, 2.75) is 58.1 Å². The summed E-state index contributed by atoms with van der Waals surface area (Å²) < 4.78 is 46.6. The molecule has 4 rings (SSSR count). The molecule has 0 spiro atoms. The third-order valence-corrected chi connectivity index (χ3v) is 6.38. The number of amides is 1. The van der Waals surface area contributed by atoms with E-state index in [2.05, 4.69) is 20.4 Å². The Morgan fingerprint density at radius 2 is 1.64 bits per heavy atom. The smallest absolute Gasteiger partial charge is 0.410 e. The number of halogens is 2. The number of hydrogen-bond donors (Lipinski definition) is 1. The van der Waals surface area contributed by atoms with E-state index >= 15 is 0 Å². The minimum absolute atomic E-state index is 0.0758. The molecule has 0 radical (unpaired) electrons. The zero-order valence-electron chi connectivity index (χ0n) is 22.8. The van der Waals surface area contributed by atoms with Crippen molar-refractivity contribution in [1.82, 2.24) is 24.6 Å². The second-order valence-corrected chi connectivity index (χ2v) is 10.3. The SMILES string of the molecule is COc1cc(OC)c(F)c(CCc2cnc(Nc3cnn(C4CCN(C(=O)OC(C)(C)C)CC4)c3)nc2)c1F. The van der Waals surface area contributed by atoms with Gasteiger partial charge in [0, 0.05) is 43.3 Å². The van der Waals surface area contributed by atoms with Crippen molar-refractivity contribution < 1.29 is 27.8 Å². The van der Waals surface area contributed by atoms with Gasteiger partial charge in [0.15, 0.2) is 23.1 Å². The fourth-order valence-electron chi connectivity index (χ4n) is 4.34. The van der Waals surface area contributed by atoms with Crippen LogP contribution in [0.3, 0.4) is 0 Å². The molecule has 1 amide bonds. The van der Waals surface area contributed by atoms with Crippen LogP contribution >= 0.6 is 0 Å². The van der Waals surface area contributed by atoms with E-state index in [4.69, 9.17) is 14.2 Å². The van der Waals surface area contributed by atoms with Gasteiger partial charge in [-0.05, 0) is 52.0 Å². The minimum Gasteiger partial charge on any atom is -0.494 e. The maximum absolute atomic E-state index is 14.6. The third-order valence-electron chi connectivity index (χ3n) is 6.38. The first-order chi connectivity index (χ1) is 18.6. The highest BCUT2D eigenvalue weighted by Crippen LogP contribution is 2.32. The molecule has 1 N–H and O–H groups in total. The van der Waals surface area contributed by atoms with Crippen LogP contribution in [0.4, 0.5) is 25.2 Å². The van der Waals surface area contributed by atoms with Gasteiger partial charge in [-0.1, -0.05) is 0 Å². The van der Waals surface area contributed by atoms with Gasteiger partial charge >= 0.3 is 6.09 Å². The Labute approximate surface area is 226 Å². The quantitative estimate of drug-likeness (QED) is 0.419. The predicted octanol–water partition coefficient (Wildman–Crippen LogP) is 5.07. The van der Waals surface area contributed by atoms with Crippen molar-refractivity contribution in [2.75, 3.05) is 32.6 Å². The van der Waals surface area contributed by atoms with Crippen LogP contribution in [0.15, 0.2) is 30.9 Å². The standard InChI is InChI=1S/C27H34F2N6O4/c1-27(2,3)39-26(36)34-10-8-19(9-11-34)35-16-18(15-32-35)33-25-30-13-17(14-31-25)6-7-20-23(28)21(37-4)12-22(38-5)24(20)29/h12-16,19H,6-11H2,1-5H3,(H,30,31,33). The first-order valence-electron chi connectivity index (χ1n) is 12.8. The molecule has 1 aliphatic heterocycles. The summed E-state index contributed by atoms with van der Waals surface area (Å²) in [5.41, 5.74) is 0.813. The molecular weight excluding hydrogens is 510 g/mol. The Morgan fingerprint density at radius 1 is 1.03 bits per heavy atom. The third kappa shape index (κ3) is 6.92. The zero-order chi connectivity index (χ0) is 28.2. The Hall–Kier alpha value is -3.96. The van der Waals surface area contributed by atoms with Gasteiger partial charge in [0.2, 0.25) is 5.95 Å². The number of piperidine rings is 1. The Morgan fingerprint density at radius 3 is 2.21 bits per heavy atom. The molecule has 210 valence electrons. The summed E-state index contributed by atoms with van der Waals surface area (Å²) in [5, 5.41) is 7.59. The van der Waals surface area contributed by atoms with Gasteiger partial charge in [-0.2, -0.15) is 5.10 Å². The lowest BCUT2D eigenvalue weighted by Gasteiger charge is -2.33. The molecule has 1 saturated heterocycles. The van der Waals surface area contributed by atoms with Gasteiger partial charge in [-0.3, -0.25) is 4.68 Å². The van der Waals surface area contributed by atoms with Crippen molar-refractivity contribution >= 4 is 17.7 Å². The number of hydrogen-bond acceptors (Lipinski definition) is 8. The molecule has 12 heteroatoms. The van der Waals surface area contributed by atoms with E-state index in [0.29, 0.717) is 31.0 Å². The number of carbonyl (C=O) groups excluding carboxylic acids is 1. The minimum atomic E-state index is -0.748. The van der Waals surface area contributed by atoms with Gasteiger partial charge in [0.1, 0.15) is 5.60 Å². The highest BCUT2D eigenvalue weighted by Gasteiger charge is 2.28. The summed E-state index contributed by atoms with van der Waals surface area (Å²) in [4.78, 5) is 22.7. The number of methoxy groups -OCH3 is 2.